The Kier molecular flexibility index (Phi) is 5.86. The highest BCUT2D eigenvalue weighted by atomic mass is 32.1. The lowest BCUT2D eigenvalue weighted by atomic mass is 9.49. The van der Waals surface area contributed by atoms with Gasteiger partial charge in [-0.2, -0.15) is 8.78 Å². The summed E-state index contributed by atoms with van der Waals surface area (Å²) in [7, 11) is 0. The molecule has 2 bridgehead atoms. The number of fused-ring (bicyclic) bond motifs is 1. The molecule has 3 aliphatic rings. The van der Waals surface area contributed by atoms with Crippen LogP contribution in [0.25, 0.3) is 16.0 Å². The van der Waals surface area contributed by atoms with Crippen molar-refractivity contribution in [2.24, 2.45) is 5.41 Å². The van der Waals surface area contributed by atoms with Gasteiger partial charge in [-0.3, -0.25) is 14.6 Å². The molecule has 1 amide bonds. The van der Waals surface area contributed by atoms with E-state index in [0.29, 0.717) is 0 Å². The first-order valence-corrected chi connectivity index (χ1v) is 14.4. The number of hydrogen-bond acceptors (Lipinski definition) is 4. The smallest absolute Gasteiger partial charge is 0.301 e. The summed E-state index contributed by atoms with van der Waals surface area (Å²) in [5, 5.41) is 4.23. The summed E-state index contributed by atoms with van der Waals surface area (Å²) in [5.41, 5.74) is 2.85. The van der Waals surface area contributed by atoms with Crippen LogP contribution in [-0.4, -0.2) is 15.9 Å². The Labute approximate surface area is 245 Å². The molecule has 1 unspecified atom stereocenters. The van der Waals surface area contributed by atoms with Gasteiger partial charge >= 0.3 is 5.92 Å². The third-order valence-electron chi connectivity index (χ3n) is 8.71. The van der Waals surface area contributed by atoms with Crippen molar-refractivity contribution >= 4 is 22.4 Å². The molecule has 0 saturated carbocycles. The Morgan fingerprint density at radius 3 is 2.17 bits per heavy atom. The van der Waals surface area contributed by atoms with Gasteiger partial charge in [0, 0.05) is 46.8 Å². The van der Waals surface area contributed by atoms with Gasteiger partial charge in [0.15, 0.2) is 5.13 Å². The number of anilines is 1. The summed E-state index contributed by atoms with van der Waals surface area (Å²) in [6, 6.07) is 25.4. The van der Waals surface area contributed by atoms with Crippen molar-refractivity contribution in [1.29, 1.82) is 0 Å². The van der Waals surface area contributed by atoms with Gasteiger partial charge < -0.3 is 5.32 Å². The first-order chi connectivity index (χ1) is 20.3. The van der Waals surface area contributed by atoms with Crippen molar-refractivity contribution in [2.45, 2.75) is 30.7 Å². The number of carbonyl (C=O) groups is 1. The van der Waals surface area contributed by atoms with Crippen LogP contribution in [-0.2, 0) is 16.3 Å². The Hall–Kier alpha value is -4.74. The molecule has 1 N–H and O–H groups in total. The molecule has 0 fully saturated rings. The van der Waals surface area contributed by atoms with E-state index in [9.17, 15) is 4.79 Å². The van der Waals surface area contributed by atoms with Crippen molar-refractivity contribution in [3.05, 3.63) is 148 Å². The summed E-state index contributed by atoms with van der Waals surface area (Å²) >= 11 is 0.968. The van der Waals surface area contributed by atoms with Crippen molar-refractivity contribution in [2.75, 3.05) is 5.32 Å². The molecule has 0 saturated heterocycles. The molecule has 8 heteroatoms. The van der Waals surface area contributed by atoms with Crippen LogP contribution in [0.15, 0.2) is 103 Å². The third kappa shape index (κ3) is 3.74. The molecule has 3 aromatic carbocycles. The first kappa shape index (κ1) is 26.2. The Bertz CT molecular complexity index is 1830. The average molecular weight is 575 g/mol. The average Bonchev–Trinajstić information content (AvgIpc) is 3.51. The molecule has 1 atom stereocenters. The number of nitrogens with zero attached hydrogens (tertiary/aromatic N) is 3. The number of hydrogen-bond donors (Lipinski definition) is 1. The Balaban J connectivity index is 1.18. The number of amides is 1. The van der Waals surface area contributed by atoms with E-state index in [1.54, 1.807) is 24.5 Å². The summed E-state index contributed by atoms with van der Waals surface area (Å²) in [5.74, 6) is -3.97. The molecule has 42 heavy (non-hydrogen) atoms. The van der Waals surface area contributed by atoms with E-state index in [1.807, 2.05) is 67.6 Å². The fraction of sp³-hybridized carbons (Fsp3) is 0.176. The zero-order chi connectivity index (χ0) is 29.1. The highest BCUT2D eigenvalue weighted by Gasteiger charge is 2.64. The minimum atomic E-state index is -3.35. The van der Waals surface area contributed by atoms with Crippen LogP contribution in [0.1, 0.15) is 52.8 Å². The fourth-order valence-corrected chi connectivity index (χ4v) is 7.45. The summed E-state index contributed by atoms with van der Waals surface area (Å²) in [6.07, 6.45) is 3.59. The molecular formula is C34H24F2N4OS. The fourth-order valence-electron chi connectivity index (χ4n) is 6.72. The number of aromatic nitrogens is 2. The predicted octanol–water partition coefficient (Wildman–Crippen LogP) is 8.00. The van der Waals surface area contributed by atoms with Gasteiger partial charge in [0.2, 0.25) is 5.91 Å². The number of rotatable bonds is 5. The molecule has 8 rings (SSSR count). The van der Waals surface area contributed by atoms with Crippen molar-refractivity contribution < 1.29 is 13.6 Å². The van der Waals surface area contributed by atoms with Gasteiger partial charge in [-0.15, -0.1) is 11.3 Å². The monoisotopic (exact) mass is 574 g/mol. The van der Waals surface area contributed by atoms with E-state index < -0.39 is 22.6 Å². The van der Waals surface area contributed by atoms with E-state index in [2.05, 4.69) is 20.1 Å². The number of nitrogens with one attached hydrogen (secondary N) is 1. The molecule has 206 valence electrons. The van der Waals surface area contributed by atoms with Crippen molar-refractivity contribution in [3.8, 4) is 11.1 Å². The van der Waals surface area contributed by atoms with Crippen molar-refractivity contribution in [3.63, 3.8) is 0 Å². The van der Waals surface area contributed by atoms with E-state index in [4.69, 9.17) is 6.57 Å². The molecule has 5 nitrogen and oxygen atoms in total. The molecule has 5 aromatic rings. The van der Waals surface area contributed by atoms with Crippen LogP contribution in [0.4, 0.5) is 13.9 Å². The second-order valence-corrected chi connectivity index (χ2v) is 11.9. The van der Waals surface area contributed by atoms with Gasteiger partial charge in [-0.25, -0.2) is 11.6 Å². The summed E-state index contributed by atoms with van der Waals surface area (Å²) in [6.45, 7) is 10.2. The molecular weight excluding hydrogens is 550 g/mol. The van der Waals surface area contributed by atoms with Gasteiger partial charge in [-0.1, -0.05) is 72.8 Å². The number of halogens is 2. The summed E-state index contributed by atoms with van der Waals surface area (Å²) in [4.78, 5) is 26.3. The largest absolute Gasteiger partial charge is 0.315 e. The van der Waals surface area contributed by atoms with Gasteiger partial charge in [0.25, 0.3) is 5.54 Å². The third-order valence-corrected chi connectivity index (χ3v) is 9.47. The van der Waals surface area contributed by atoms with Gasteiger partial charge in [0.1, 0.15) is 5.69 Å². The lowest BCUT2D eigenvalue weighted by Crippen LogP contribution is -2.53. The quantitative estimate of drug-likeness (QED) is 0.216. The standard InChI is InChI=1S/C34H24F2N4OS/c1-32(20-33(37-2)26-9-5-3-7-24(26)29(32)25-8-4-6-10-27(25)33)30(41)40-31-39-28(19-42-31)34(35,36)23-13-11-21(12-14-23)22-15-17-38-18-16-22/h3-19,29H,20H2,1H3,(H,39,40,41). The van der Waals surface area contributed by atoms with Crippen LogP contribution < -0.4 is 5.32 Å². The van der Waals surface area contributed by atoms with Crippen LogP contribution in [0.5, 0.6) is 0 Å². The second-order valence-electron chi connectivity index (χ2n) is 11.1. The lowest BCUT2D eigenvalue weighted by Gasteiger charge is -2.51. The van der Waals surface area contributed by atoms with Crippen LogP contribution >= 0.6 is 11.3 Å². The van der Waals surface area contributed by atoms with E-state index in [0.717, 1.165) is 44.7 Å². The zero-order valence-electron chi connectivity index (χ0n) is 22.5. The van der Waals surface area contributed by atoms with Crippen LogP contribution in [0.3, 0.4) is 0 Å². The highest BCUT2D eigenvalue weighted by molar-refractivity contribution is 7.14. The number of thiazole rings is 1. The number of alkyl halides is 2. The summed E-state index contributed by atoms with van der Waals surface area (Å²) < 4.78 is 31.1. The number of benzene rings is 3. The highest BCUT2D eigenvalue weighted by Crippen LogP contribution is 2.64. The predicted molar refractivity (Wildman–Crippen MR) is 158 cm³/mol. The molecule has 2 aromatic heterocycles. The maximum atomic E-state index is 15.5. The van der Waals surface area contributed by atoms with Gasteiger partial charge in [0.05, 0.1) is 5.41 Å². The zero-order valence-corrected chi connectivity index (χ0v) is 23.3. The van der Waals surface area contributed by atoms with E-state index in [1.165, 1.54) is 17.5 Å². The maximum Gasteiger partial charge on any atom is 0.315 e. The second kappa shape index (κ2) is 9.40. The number of carbonyl (C=O) groups excluding carboxylic acids is 1. The minimum Gasteiger partial charge on any atom is -0.301 e. The normalized spacial score (nSPS) is 22.1. The minimum absolute atomic E-state index is 0.101. The topological polar surface area (TPSA) is 59.2 Å². The SMILES string of the molecule is [C-]#[N+]C12CC(C)(C(=O)Nc3nc(C(F)(F)c4ccc(-c5ccncc5)cc4)cs3)C(c3ccccc31)c1ccccc12. The van der Waals surface area contributed by atoms with Crippen LogP contribution in [0, 0.1) is 12.0 Å². The molecule has 0 radical (unpaired) electrons. The molecule has 0 spiro atoms. The lowest BCUT2D eigenvalue weighted by molar-refractivity contribution is -0.127. The first-order valence-electron chi connectivity index (χ1n) is 13.5. The number of pyridine rings is 1. The van der Waals surface area contributed by atoms with Crippen molar-refractivity contribution in [1.82, 2.24) is 9.97 Å². The molecule has 3 aliphatic carbocycles. The maximum absolute atomic E-state index is 15.5. The molecule has 2 heterocycles. The molecule has 0 aliphatic heterocycles. The Morgan fingerprint density at radius 2 is 1.55 bits per heavy atom. The van der Waals surface area contributed by atoms with E-state index in [-0.39, 0.29) is 28.9 Å². The van der Waals surface area contributed by atoms with E-state index >= 15 is 8.78 Å². The van der Waals surface area contributed by atoms with Gasteiger partial charge in [-0.05, 0) is 41.3 Å². The van der Waals surface area contributed by atoms with Crippen LogP contribution in [0.2, 0.25) is 0 Å². The Morgan fingerprint density at radius 1 is 0.952 bits per heavy atom.